The molecule has 2 aromatic heterocycles. The number of hydrogen-bond acceptors (Lipinski definition) is 4. The van der Waals surface area contributed by atoms with Crippen molar-refractivity contribution in [3.05, 3.63) is 36.7 Å². The summed E-state index contributed by atoms with van der Waals surface area (Å²) in [5.74, 6) is 1.59. The summed E-state index contributed by atoms with van der Waals surface area (Å²) < 4.78 is 10.6. The lowest BCUT2D eigenvalue weighted by molar-refractivity contribution is 0.470. The van der Waals surface area contributed by atoms with Crippen LogP contribution in [0.1, 0.15) is 85.6 Å². The van der Waals surface area contributed by atoms with E-state index in [4.69, 9.17) is 8.83 Å². The Bertz CT molecular complexity index is 469. The summed E-state index contributed by atoms with van der Waals surface area (Å²) in [4.78, 5) is 8.87. The first-order chi connectivity index (χ1) is 11.8. The Labute approximate surface area is 161 Å². The van der Waals surface area contributed by atoms with Crippen molar-refractivity contribution < 1.29 is 8.83 Å². The highest BCUT2D eigenvalue weighted by atomic mass is 79.9. The van der Waals surface area contributed by atoms with Crippen molar-refractivity contribution in [2.75, 3.05) is 0 Å². The summed E-state index contributed by atoms with van der Waals surface area (Å²) in [6.07, 6.45) is 19.2. The summed E-state index contributed by atoms with van der Waals surface area (Å²) in [5, 5.41) is 0. The number of nitrogens with zero attached hydrogens (tertiary/aromatic N) is 2. The van der Waals surface area contributed by atoms with E-state index in [-0.39, 0.29) is 9.65 Å². The standard InChI is InChI=1S/C18H26Br2N2O2/c19-15(17-21-11-13-23-17)9-7-5-3-1-2-4-6-8-10-16(20)18-22-12-14-24-18/h11-16H,1-10H2. The number of rotatable bonds is 13. The van der Waals surface area contributed by atoms with E-state index < -0.39 is 0 Å². The van der Waals surface area contributed by atoms with Gasteiger partial charge in [0, 0.05) is 0 Å². The summed E-state index contributed by atoms with van der Waals surface area (Å²) in [6, 6.07) is 0. The molecule has 0 fully saturated rings. The Kier molecular flexibility index (Phi) is 9.73. The van der Waals surface area contributed by atoms with Crippen molar-refractivity contribution in [1.29, 1.82) is 0 Å². The quantitative estimate of drug-likeness (QED) is 0.235. The predicted molar refractivity (Wildman–Crippen MR) is 103 cm³/mol. The van der Waals surface area contributed by atoms with E-state index >= 15 is 0 Å². The molecule has 0 radical (unpaired) electrons. The molecule has 0 N–H and O–H groups in total. The van der Waals surface area contributed by atoms with Crippen LogP contribution in [-0.2, 0) is 0 Å². The fourth-order valence-electron chi connectivity index (χ4n) is 2.73. The highest BCUT2D eigenvalue weighted by Gasteiger charge is 2.11. The van der Waals surface area contributed by atoms with E-state index in [1.165, 1.54) is 51.4 Å². The molecule has 0 saturated heterocycles. The molecule has 2 aromatic rings. The second kappa shape index (κ2) is 11.9. The summed E-state index contributed by atoms with van der Waals surface area (Å²) in [5.41, 5.74) is 0. The molecule has 134 valence electrons. The Morgan fingerprint density at radius 2 is 1.04 bits per heavy atom. The summed E-state index contributed by atoms with van der Waals surface area (Å²) >= 11 is 7.26. The maximum atomic E-state index is 5.30. The fourth-order valence-corrected chi connectivity index (χ4v) is 3.83. The van der Waals surface area contributed by atoms with Gasteiger partial charge >= 0.3 is 0 Å². The molecule has 4 nitrogen and oxygen atoms in total. The zero-order valence-corrected chi connectivity index (χ0v) is 17.2. The van der Waals surface area contributed by atoms with Crippen molar-refractivity contribution in [1.82, 2.24) is 9.97 Å². The number of halogens is 2. The smallest absolute Gasteiger partial charge is 0.207 e. The van der Waals surface area contributed by atoms with Crippen LogP contribution in [0.2, 0.25) is 0 Å². The number of unbranched alkanes of at least 4 members (excludes halogenated alkanes) is 7. The third-order valence-electron chi connectivity index (χ3n) is 4.10. The Morgan fingerprint density at radius 3 is 1.38 bits per heavy atom. The molecule has 0 aliphatic heterocycles. The molecule has 0 saturated carbocycles. The minimum Gasteiger partial charge on any atom is -0.448 e. The summed E-state index contributed by atoms with van der Waals surface area (Å²) in [7, 11) is 0. The molecular weight excluding hydrogens is 436 g/mol. The molecular formula is C18H26Br2N2O2. The number of alkyl halides is 2. The third-order valence-corrected chi connectivity index (χ3v) is 5.80. The largest absolute Gasteiger partial charge is 0.448 e. The van der Waals surface area contributed by atoms with E-state index in [2.05, 4.69) is 41.8 Å². The van der Waals surface area contributed by atoms with Gasteiger partial charge in [-0.25, -0.2) is 9.97 Å². The van der Waals surface area contributed by atoms with Gasteiger partial charge in [-0.05, 0) is 12.8 Å². The van der Waals surface area contributed by atoms with Crippen LogP contribution in [-0.4, -0.2) is 9.97 Å². The van der Waals surface area contributed by atoms with Gasteiger partial charge in [-0.15, -0.1) is 0 Å². The normalized spacial score (nSPS) is 13.9. The van der Waals surface area contributed by atoms with Gasteiger partial charge in [-0.1, -0.05) is 83.2 Å². The lowest BCUT2D eigenvalue weighted by Gasteiger charge is -2.06. The fraction of sp³-hybridized carbons (Fsp3) is 0.667. The number of oxazole rings is 2. The lowest BCUT2D eigenvalue weighted by Crippen LogP contribution is -1.91. The van der Waals surface area contributed by atoms with Gasteiger partial charge in [0.2, 0.25) is 11.8 Å². The van der Waals surface area contributed by atoms with Gasteiger partial charge in [0.15, 0.2) is 0 Å². The predicted octanol–water partition coefficient (Wildman–Crippen LogP) is 7.14. The molecule has 2 atom stereocenters. The zero-order chi connectivity index (χ0) is 17.0. The van der Waals surface area contributed by atoms with E-state index in [1.54, 1.807) is 24.9 Å². The molecule has 2 unspecified atom stereocenters. The van der Waals surface area contributed by atoms with Crippen LogP contribution in [0.4, 0.5) is 0 Å². The van der Waals surface area contributed by atoms with Crippen LogP contribution in [0.5, 0.6) is 0 Å². The monoisotopic (exact) mass is 460 g/mol. The van der Waals surface area contributed by atoms with Crippen LogP contribution in [0, 0.1) is 0 Å². The van der Waals surface area contributed by atoms with Gasteiger partial charge in [0.25, 0.3) is 0 Å². The van der Waals surface area contributed by atoms with E-state index in [0.717, 1.165) is 24.6 Å². The first kappa shape index (κ1) is 19.7. The SMILES string of the molecule is BrC(CCCCCCCCCCC(Br)c1ncco1)c1ncco1. The van der Waals surface area contributed by atoms with E-state index in [0.29, 0.717) is 0 Å². The van der Waals surface area contributed by atoms with Gasteiger partial charge < -0.3 is 8.83 Å². The van der Waals surface area contributed by atoms with Crippen LogP contribution in [0.3, 0.4) is 0 Å². The molecule has 0 amide bonds. The maximum Gasteiger partial charge on any atom is 0.207 e. The van der Waals surface area contributed by atoms with E-state index in [1.807, 2.05) is 0 Å². The van der Waals surface area contributed by atoms with Crippen LogP contribution in [0.15, 0.2) is 33.8 Å². The van der Waals surface area contributed by atoms with Gasteiger partial charge in [0.1, 0.15) is 12.5 Å². The highest BCUT2D eigenvalue weighted by Crippen LogP contribution is 2.28. The van der Waals surface area contributed by atoms with Gasteiger partial charge in [-0.3, -0.25) is 0 Å². The van der Waals surface area contributed by atoms with Crippen molar-refractivity contribution >= 4 is 31.9 Å². The molecule has 6 heteroatoms. The number of aromatic nitrogens is 2. The molecule has 24 heavy (non-hydrogen) atoms. The highest BCUT2D eigenvalue weighted by molar-refractivity contribution is 9.09. The Balaban J connectivity index is 1.37. The molecule has 0 aliphatic rings. The van der Waals surface area contributed by atoms with Crippen molar-refractivity contribution in [2.24, 2.45) is 0 Å². The van der Waals surface area contributed by atoms with Crippen LogP contribution >= 0.6 is 31.9 Å². The first-order valence-corrected chi connectivity index (χ1v) is 10.7. The second-order valence-corrected chi connectivity index (χ2v) is 8.29. The first-order valence-electron chi connectivity index (χ1n) is 8.84. The summed E-state index contributed by atoms with van der Waals surface area (Å²) in [6.45, 7) is 0. The average Bonchev–Trinajstić information content (AvgIpc) is 3.29. The molecule has 2 rings (SSSR count). The molecule has 0 spiro atoms. The second-order valence-electron chi connectivity index (χ2n) is 6.08. The topological polar surface area (TPSA) is 52.1 Å². The van der Waals surface area contributed by atoms with Crippen LogP contribution < -0.4 is 0 Å². The van der Waals surface area contributed by atoms with Crippen molar-refractivity contribution in [3.8, 4) is 0 Å². The van der Waals surface area contributed by atoms with Gasteiger partial charge in [0.05, 0.1) is 22.0 Å². The van der Waals surface area contributed by atoms with Crippen molar-refractivity contribution in [2.45, 2.75) is 73.9 Å². The molecule has 0 bridgehead atoms. The molecule has 0 aromatic carbocycles. The van der Waals surface area contributed by atoms with Crippen LogP contribution in [0.25, 0.3) is 0 Å². The van der Waals surface area contributed by atoms with E-state index in [9.17, 15) is 0 Å². The average molecular weight is 462 g/mol. The van der Waals surface area contributed by atoms with Gasteiger partial charge in [-0.2, -0.15) is 0 Å². The molecule has 0 aliphatic carbocycles. The maximum absolute atomic E-state index is 5.30. The Morgan fingerprint density at radius 1 is 0.667 bits per heavy atom. The number of hydrogen-bond donors (Lipinski definition) is 0. The minimum absolute atomic E-state index is 0.258. The minimum atomic E-state index is 0.258. The lowest BCUT2D eigenvalue weighted by atomic mass is 10.1. The van der Waals surface area contributed by atoms with Crippen molar-refractivity contribution in [3.63, 3.8) is 0 Å². The Hall–Kier alpha value is -0.620. The third kappa shape index (κ3) is 7.51. The molecule has 2 heterocycles. The zero-order valence-electron chi connectivity index (χ0n) is 14.0.